The number of hydrogen-bond donors (Lipinski definition) is 2. The van der Waals surface area contributed by atoms with E-state index in [0.717, 1.165) is 10.5 Å². The van der Waals surface area contributed by atoms with Gasteiger partial charge in [-0.2, -0.15) is 0 Å². The Labute approximate surface area is 132 Å². The third kappa shape index (κ3) is 3.50. The predicted octanol–water partition coefficient (Wildman–Crippen LogP) is 4.45. The summed E-state index contributed by atoms with van der Waals surface area (Å²) >= 11 is 9.29. The van der Waals surface area contributed by atoms with Gasteiger partial charge in [0.15, 0.2) is 0 Å². The average Bonchev–Trinajstić information content (AvgIpc) is 2.42. The lowest BCUT2D eigenvalue weighted by Gasteiger charge is -2.10. The molecule has 0 aromatic heterocycles. The molecule has 0 amide bonds. The van der Waals surface area contributed by atoms with Gasteiger partial charge >= 0.3 is 5.97 Å². The first-order chi connectivity index (χ1) is 9.88. The quantitative estimate of drug-likeness (QED) is 0.612. The molecule has 2 aromatic rings. The van der Waals surface area contributed by atoms with Gasteiger partial charge in [0.25, 0.3) is 5.69 Å². The van der Waals surface area contributed by atoms with Gasteiger partial charge in [0, 0.05) is 10.5 Å². The van der Waals surface area contributed by atoms with E-state index in [0.29, 0.717) is 10.7 Å². The lowest BCUT2D eigenvalue weighted by molar-refractivity contribution is -0.383. The molecule has 6 nitrogen and oxygen atoms in total. The van der Waals surface area contributed by atoms with Crippen molar-refractivity contribution in [3.05, 3.63) is 61.6 Å². The minimum Gasteiger partial charge on any atom is -0.478 e. The molecule has 0 saturated carbocycles. The maximum Gasteiger partial charge on any atom is 0.335 e. The second-order valence-electron chi connectivity index (χ2n) is 4.04. The summed E-state index contributed by atoms with van der Waals surface area (Å²) in [6.45, 7) is 0. The van der Waals surface area contributed by atoms with Crippen LogP contribution in [0.1, 0.15) is 10.4 Å². The van der Waals surface area contributed by atoms with Crippen molar-refractivity contribution >= 4 is 50.6 Å². The van der Waals surface area contributed by atoms with Crippen molar-refractivity contribution < 1.29 is 14.8 Å². The number of rotatable bonds is 4. The molecule has 0 bridgehead atoms. The molecule has 0 aliphatic rings. The molecule has 21 heavy (non-hydrogen) atoms. The van der Waals surface area contributed by atoms with E-state index in [9.17, 15) is 14.9 Å². The smallest absolute Gasteiger partial charge is 0.335 e. The summed E-state index contributed by atoms with van der Waals surface area (Å²) in [5, 5.41) is 23.2. The second-order valence-corrected chi connectivity index (χ2v) is 5.37. The van der Waals surface area contributed by atoms with E-state index in [1.807, 2.05) is 0 Å². The fourth-order valence-corrected chi connectivity index (χ4v) is 2.19. The molecule has 0 aliphatic heterocycles. The van der Waals surface area contributed by atoms with Crippen LogP contribution in [0.2, 0.25) is 5.02 Å². The monoisotopic (exact) mass is 370 g/mol. The van der Waals surface area contributed by atoms with Gasteiger partial charge in [0.05, 0.1) is 21.2 Å². The topological polar surface area (TPSA) is 92.5 Å². The lowest BCUT2D eigenvalue weighted by Crippen LogP contribution is -2.02. The first-order valence-corrected chi connectivity index (χ1v) is 6.79. The van der Waals surface area contributed by atoms with Crippen LogP contribution in [0.5, 0.6) is 0 Å². The SMILES string of the molecule is O=C(O)c1ccc(Nc2cc(Br)ccc2Cl)c([N+](=O)[O-])c1. The minimum absolute atomic E-state index is 0.157. The van der Waals surface area contributed by atoms with Gasteiger partial charge in [-0.1, -0.05) is 27.5 Å². The summed E-state index contributed by atoms with van der Waals surface area (Å²) in [6.07, 6.45) is 0. The average molecular weight is 372 g/mol. The maximum absolute atomic E-state index is 11.1. The van der Waals surface area contributed by atoms with Crippen molar-refractivity contribution in [3.8, 4) is 0 Å². The molecule has 2 aromatic carbocycles. The van der Waals surface area contributed by atoms with Crippen LogP contribution in [-0.2, 0) is 0 Å². The zero-order valence-corrected chi connectivity index (χ0v) is 12.7. The van der Waals surface area contributed by atoms with E-state index in [1.165, 1.54) is 12.1 Å². The Kier molecular flexibility index (Phi) is 4.44. The van der Waals surface area contributed by atoms with Gasteiger partial charge in [0.2, 0.25) is 0 Å². The van der Waals surface area contributed by atoms with Crippen molar-refractivity contribution in [2.45, 2.75) is 0 Å². The number of nitro groups is 1. The highest BCUT2D eigenvalue weighted by molar-refractivity contribution is 9.10. The molecule has 0 fully saturated rings. The zero-order chi connectivity index (χ0) is 15.6. The Morgan fingerprint density at radius 2 is 1.95 bits per heavy atom. The molecule has 0 atom stereocenters. The fourth-order valence-electron chi connectivity index (χ4n) is 1.66. The third-order valence-corrected chi connectivity index (χ3v) is 3.46. The fraction of sp³-hybridized carbons (Fsp3) is 0. The summed E-state index contributed by atoms with van der Waals surface area (Å²) in [7, 11) is 0. The highest BCUT2D eigenvalue weighted by atomic mass is 79.9. The lowest BCUT2D eigenvalue weighted by atomic mass is 10.1. The number of halogens is 2. The van der Waals surface area contributed by atoms with Crippen LogP contribution >= 0.6 is 27.5 Å². The zero-order valence-electron chi connectivity index (χ0n) is 10.3. The highest BCUT2D eigenvalue weighted by Crippen LogP contribution is 2.33. The molecule has 0 aliphatic carbocycles. The van der Waals surface area contributed by atoms with Crippen molar-refractivity contribution in [1.82, 2.24) is 0 Å². The third-order valence-electron chi connectivity index (χ3n) is 2.64. The van der Waals surface area contributed by atoms with E-state index in [4.69, 9.17) is 16.7 Å². The van der Waals surface area contributed by atoms with Crippen LogP contribution in [0, 0.1) is 10.1 Å². The first kappa shape index (κ1) is 15.3. The molecule has 0 radical (unpaired) electrons. The molecule has 108 valence electrons. The number of benzene rings is 2. The van der Waals surface area contributed by atoms with E-state index in [2.05, 4.69) is 21.2 Å². The van der Waals surface area contributed by atoms with E-state index >= 15 is 0 Å². The number of anilines is 2. The Hall–Kier alpha value is -2.12. The van der Waals surface area contributed by atoms with Crippen molar-refractivity contribution in [2.24, 2.45) is 0 Å². The number of carboxylic acid groups (broad SMARTS) is 1. The standard InChI is InChI=1S/C13H8BrClN2O4/c14-8-2-3-9(15)11(6-8)16-10-4-1-7(13(18)19)5-12(10)17(20)21/h1-6,16H,(H,18,19). The second kappa shape index (κ2) is 6.11. The Bertz CT molecular complexity index is 736. The summed E-state index contributed by atoms with van der Waals surface area (Å²) in [4.78, 5) is 21.3. The Balaban J connectivity index is 2.46. The highest BCUT2D eigenvalue weighted by Gasteiger charge is 2.18. The summed E-state index contributed by atoms with van der Waals surface area (Å²) < 4.78 is 0.749. The molecule has 0 heterocycles. The summed E-state index contributed by atoms with van der Waals surface area (Å²) in [5.41, 5.74) is 0.126. The van der Waals surface area contributed by atoms with Crippen LogP contribution in [0.25, 0.3) is 0 Å². The van der Waals surface area contributed by atoms with Gasteiger partial charge in [0.1, 0.15) is 5.69 Å². The van der Waals surface area contributed by atoms with Crippen LogP contribution in [-0.4, -0.2) is 16.0 Å². The van der Waals surface area contributed by atoms with Crippen LogP contribution in [0.4, 0.5) is 17.1 Å². The van der Waals surface area contributed by atoms with Crippen LogP contribution in [0.15, 0.2) is 40.9 Å². The molecule has 2 N–H and O–H groups in total. The van der Waals surface area contributed by atoms with E-state index in [1.54, 1.807) is 18.2 Å². The molecule has 0 unspecified atom stereocenters. The van der Waals surface area contributed by atoms with Crippen molar-refractivity contribution in [3.63, 3.8) is 0 Å². The Morgan fingerprint density at radius 3 is 2.57 bits per heavy atom. The minimum atomic E-state index is -1.23. The predicted molar refractivity (Wildman–Crippen MR) is 82.5 cm³/mol. The number of nitro benzene ring substituents is 1. The normalized spacial score (nSPS) is 10.2. The summed E-state index contributed by atoms with van der Waals surface area (Å²) in [5.74, 6) is -1.23. The molecule has 2 rings (SSSR count). The van der Waals surface area contributed by atoms with Gasteiger partial charge in [-0.25, -0.2) is 4.79 Å². The molecular formula is C13H8BrClN2O4. The van der Waals surface area contributed by atoms with Crippen LogP contribution in [0.3, 0.4) is 0 Å². The van der Waals surface area contributed by atoms with Gasteiger partial charge in [-0.15, -0.1) is 0 Å². The van der Waals surface area contributed by atoms with E-state index < -0.39 is 10.9 Å². The Morgan fingerprint density at radius 1 is 1.24 bits per heavy atom. The maximum atomic E-state index is 11.1. The van der Waals surface area contributed by atoms with Crippen molar-refractivity contribution in [2.75, 3.05) is 5.32 Å². The number of carbonyl (C=O) groups is 1. The largest absolute Gasteiger partial charge is 0.478 e. The van der Waals surface area contributed by atoms with E-state index in [-0.39, 0.29) is 16.9 Å². The van der Waals surface area contributed by atoms with Crippen molar-refractivity contribution in [1.29, 1.82) is 0 Å². The molecular weight excluding hydrogens is 364 g/mol. The molecule has 0 spiro atoms. The molecule has 0 saturated heterocycles. The number of carboxylic acids is 1. The number of hydrogen-bond acceptors (Lipinski definition) is 4. The summed E-state index contributed by atoms with van der Waals surface area (Å²) in [6, 6.07) is 8.64. The number of aromatic carboxylic acids is 1. The number of nitrogens with zero attached hydrogens (tertiary/aromatic N) is 1. The van der Waals surface area contributed by atoms with Gasteiger partial charge in [-0.3, -0.25) is 10.1 Å². The van der Waals surface area contributed by atoms with Gasteiger partial charge in [-0.05, 0) is 30.3 Å². The van der Waals surface area contributed by atoms with Crippen LogP contribution < -0.4 is 5.32 Å². The number of nitrogens with one attached hydrogen (secondary N) is 1. The first-order valence-electron chi connectivity index (χ1n) is 5.62. The van der Waals surface area contributed by atoms with Gasteiger partial charge < -0.3 is 10.4 Å². The molecule has 8 heteroatoms.